The predicted molar refractivity (Wildman–Crippen MR) is 104 cm³/mol. The summed E-state index contributed by atoms with van der Waals surface area (Å²) in [6.45, 7) is 0.377. The van der Waals surface area contributed by atoms with Gasteiger partial charge in [0.25, 0.3) is 0 Å². The van der Waals surface area contributed by atoms with E-state index in [9.17, 15) is 17.6 Å². The summed E-state index contributed by atoms with van der Waals surface area (Å²) in [7, 11) is -3.77. The number of thiazole rings is 1. The first-order chi connectivity index (χ1) is 13.9. The SMILES string of the molecule is O=C(OOC1CCN(S(=O)(=O)c2cccc(F)c2)CC1)c1ccc2ncsc2c1. The van der Waals surface area contributed by atoms with Gasteiger partial charge in [0, 0.05) is 13.1 Å². The molecule has 152 valence electrons. The van der Waals surface area contributed by atoms with Crippen LogP contribution in [0.4, 0.5) is 4.39 Å². The number of benzene rings is 2. The Labute approximate surface area is 170 Å². The van der Waals surface area contributed by atoms with E-state index in [0.29, 0.717) is 18.4 Å². The zero-order chi connectivity index (χ0) is 20.4. The summed E-state index contributed by atoms with van der Waals surface area (Å²) in [4.78, 5) is 26.4. The highest BCUT2D eigenvalue weighted by Crippen LogP contribution is 2.24. The van der Waals surface area contributed by atoms with Crippen LogP contribution in [0.3, 0.4) is 0 Å². The molecule has 0 spiro atoms. The van der Waals surface area contributed by atoms with E-state index in [1.54, 1.807) is 23.7 Å². The average Bonchev–Trinajstić information content (AvgIpc) is 3.20. The van der Waals surface area contributed by atoms with Gasteiger partial charge in [0.1, 0.15) is 11.9 Å². The third kappa shape index (κ3) is 4.30. The summed E-state index contributed by atoms with van der Waals surface area (Å²) in [5, 5.41) is 0. The largest absolute Gasteiger partial charge is 0.373 e. The lowest BCUT2D eigenvalue weighted by atomic mass is 10.1. The number of rotatable bonds is 5. The molecule has 0 amide bonds. The molecule has 2 heterocycles. The number of piperidine rings is 1. The molecule has 0 saturated carbocycles. The molecule has 1 saturated heterocycles. The topological polar surface area (TPSA) is 85.8 Å². The van der Waals surface area contributed by atoms with E-state index in [-0.39, 0.29) is 18.0 Å². The van der Waals surface area contributed by atoms with Crippen LogP contribution < -0.4 is 0 Å². The number of sulfonamides is 1. The van der Waals surface area contributed by atoms with Crippen molar-refractivity contribution in [3.8, 4) is 0 Å². The second kappa shape index (κ2) is 8.15. The van der Waals surface area contributed by atoms with E-state index in [4.69, 9.17) is 9.78 Å². The number of hydrogen-bond acceptors (Lipinski definition) is 7. The number of fused-ring (bicyclic) bond motifs is 1. The molecule has 10 heteroatoms. The van der Waals surface area contributed by atoms with Crippen molar-refractivity contribution in [2.45, 2.75) is 23.8 Å². The molecule has 3 aromatic rings. The van der Waals surface area contributed by atoms with Crippen molar-refractivity contribution in [2.24, 2.45) is 0 Å². The molecule has 0 bridgehead atoms. The van der Waals surface area contributed by atoms with Crippen LogP contribution in [0, 0.1) is 5.82 Å². The first-order valence-corrected chi connectivity index (χ1v) is 11.2. The Bertz CT molecular complexity index is 1140. The molecular weight excluding hydrogens is 419 g/mol. The van der Waals surface area contributed by atoms with E-state index in [1.807, 2.05) is 0 Å². The van der Waals surface area contributed by atoms with E-state index < -0.39 is 27.9 Å². The van der Waals surface area contributed by atoms with Crippen LogP contribution in [0.2, 0.25) is 0 Å². The van der Waals surface area contributed by atoms with Crippen molar-refractivity contribution >= 4 is 37.5 Å². The highest BCUT2D eigenvalue weighted by Gasteiger charge is 2.31. The Morgan fingerprint density at radius 3 is 2.72 bits per heavy atom. The maximum atomic E-state index is 13.4. The molecule has 0 N–H and O–H groups in total. The monoisotopic (exact) mass is 436 g/mol. The Morgan fingerprint density at radius 1 is 1.17 bits per heavy atom. The van der Waals surface area contributed by atoms with Crippen molar-refractivity contribution in [1.29, 1.82) is 0 Å². The van der Waals surface area contributed by atoms with Crippen LogP contribution in [0.5, 0.6) is 0 Å². The van der Waals surface area contributed by atoms with Gasteiger partial charge in [-0.2, -0.15) is 9.19 Å². The highest BCUT2D eigenvalue weighted by atomic mass is 32.2. The molecule has 0 atom stereocenters. The third-order valence-electron chi connectivity index (χ3n) is 4.66. The van der Waals surface area contributed by atoms with Gasteiger partial charge in [-0.15, -0.1) is 11.3 Å². The number of carbonyl (C=O) groups is 1. The Morgan fingerprint density at radius 2 is 1.97 bits per heavy atom. The molecule has 2 aromatic carbocycles. The fourth-order valence-corrected chi connectivity index (χ4v) is 5.31. The van der Waals surface area contributed by atoms with Crippen LogP contribution in [-0.4, -0.2) is 42.9 Å². The molecule has 0 unspecified atom stereocenters. The lowest BCUT2D eigenvalue weighted by Gasteiger charge is -2.30. The van der Waals surface area contributed by atoms with E-state index in [1.165, 1.54) is 33.8 Å². The van der Waals surface area contributed by atoms with E-state index >= 15 is 0 Å². The van der Waals surface area contributed by atoms with E-state index in [2.05, 4.69) is 4.98 Å². The molecule has 7 nitrogen and oxygen atoms in total. The van der Waals surface area contributed by atoms with Crippen molar-refractivity contribution in [3.63, 3.8) is 0 Å². The van der Waals surface area contributed by atoms with Crippen LogP contribution in [-0.2, 0) is 19.8 Å². The molecule has 1 aliphatic rings. The van der Waals surface area contributed by atoms with Gasteiger partial charge in [0.05, 0.1) is 26.2 Å². The minimum Gasteiger partial charge on any atom is -0.293 e. The second-order valence-corrected chi connectivity index (χ2v) is 9.39. The Hall–Kier alpha value is -2.40. The minimum atomic E-state index is -3.77. The molecule has 29 heavy (non-hydrogen) atoms. The zero-order valence-electron chi connectivity index (χ0n) is 15.2. The highest BCUT2D eigenvalue weighted by molar-refractivity contribution is 7.89. The van der Waals surface area contributed by atoms with E-state index in [0.717, 1.165) is 16.3 Å². The molecule has 0 radical (unpaired) electrons. The van der Waals surface area contributed by atoms with Gasteiger partial charge in [-0.25, -0.2) is 22.6 Å². The third-order valence-corrected chi connectivity index (χ3v) is 7.35. The van der Waals surface area contributed by atoms with Crippen molar-refractivity contribution < 1.29 is 27.4 Å². The van der Waals surface area contributed by atoms with Crippen molar-refractivity contribution in [2.75, 3.05) is 13.1 Å². The second-order valence-electron chi connectivity index (χ2n) is 6.56. The summed E-state index contributed by atoms with van der Waals surface area (Å²) in [6, 6.07) is 9.95. The smallest absolute Gasteiger partial charge is 0.293 e. The molecular formula is C19H17FN2O5S2. The lowest BCUT2D eigenvalue weighted by molar-refractivity contribution is -0.279. The molecule has 1 aliphatic heterocycles. The first-order valence-electron chi connectivity index (χ1n) is 8.90. The molecule has 0 aliphatic carbocycles. The Kier molecular flexibility index (Phi) is 5.59. The van der Waals surface area contributed by atoms with Gasteiger partial charge >= 0.3 is 5.97 Å². The first kappa shape index (κ1) is 19.9. The zero-order valence-corrected chi connectivity index (χ0v) is 16.8. The van der Waals surface area contributed by atoms with Gasteiger partial charge in [0.15, 0.2) is 0 Å². The van der Waals surface area contributed by atoms with Crippen molar-refractivity contribution in [3.05, 3.63) is 59.4 Å². The number of halogens is 1. The molecule has 4 rings (SSSR count). The van der Waals surface area contributed by atoms with Gasteiger partial charge in [0.2, 0.25) is 10.0 Å². The van der Waals surface area contributed by atoms with Gasteiger partial charge in [-0.3, -0.25) is 4.89 Å². The fourth-order valence-electron chi connectivity index (χ4n) is 3.09. The van der Waals surface area contributed by atoms with Gasteiger partial charge in [-0.1, -0.05) is 6.07 Å². The number of carbonyl (C=O) groups excluding carboxylic acids is 1. The summed E-state index contributed by atoms with van der Waals surface area (Å²) in [5.41, 5.74) is 2.86. The van der Waals surface area contributed by atoms with Crippen LogP contribution in [0.1, 0.15) is 23.2 Å². The van der Waals surface area contributed by atoms with Gasteiger partial charge in [-0.05, 0) is 49.2 Å². The molecule has 1 fully saturated rings. The summed E-state index contributed by atoms with van der Waals surface area (Å²) in [6.07, 6.45) is 0.302. The standard InChI is InChI=1S/C19H17FN2O5S2/c20-14-2-1-3-16(11-14)29(24,25)22-8-6-15(7-9-22)26-27-19(23)13-4-5-17-18(10-13)28-12-21-17/h1-5,10-12,15H,6-9H2. The molecule has 1 aromatic heterocycles. The van der Waals surface area contributed by atoms with Crippen LogP contribution in [0.25, 0.3) is 10.2 Å². The number of nitrogens with zero attached hydrogens (tertiary/aromatic N) is 2. The lowest BCUT2D eigenvalue weighted by Crippen LogP contribution is -2.41. The van der Waals surface area contributed by atoms with Gasteiger partial charge < -0.3 is 0 Å². The predicted octanol–water partition coefficient (Wildman–Crippen LogP) is 3.38. The fraction of sp³-hybridized carbons (Fsp3) is 0.263. The van der Waals surface area contributed by atoms with Crippen LogP contribution >= 0.6 is 11.3 Å². The number of aromatic nitrogens is 1. The quantitative estimate of drug-likeness (QED) is 0.450. The summed E-state index contributed by atoms with van der Waals surface area (Å²) in [5.74, 6) is -1.22. The summed E-state index contributed by atoms with van der Waals surface area (Å²) < 4.78 is 40.7. The normalized spacial score (nSPS) is 16.2. The average molecular weight is 436 g/mol. The summed E-state index contributed by atoms with van der Waals surface area (Å²) >= 11 is 1.42. The van der Waals surface area contributed by atoms with Crippen molar-refractivity contribution in [1.82, 2.24) is 9.29 Å². The number of hydrogen-bond donors (Lipinski definition) is 0. The Balaban J connectivity index is 1.32. The minimum absolute atomic E-state index is 0.0817. The maximum absolute atomic E-state index is 13.4. The van der Waals surface area contributed by atoms with Crippen LogP contribution in [0.15, 0.2) is 52.9 Å². The maximum Gasteiger partial charge on any atom is 0.373 e.